The zero-order valence-electron chi connectivity index (χ0n) is 12.0. The number of sulfone groups is 1. The van der Waals surface area contributed by atoms with Crippen molar-refractivity contribution >= 4 is 28.2 Å². The summed E-state index contributed by atoms with van der Waals surface area (Å²) in [4.78, 5) is 12.2. The Balaban J connectivity index is 0.00000220. The molecule has 0 bridgehead atoms. The molecule has 1 fully saturated rings. The summed E-state index contributed by atoms with van der Waals surface area (Å²) in [5.74, 6) is 0.318. The first-order valence-corrected chi connectivity index (χ1v) is 8.65. The molecule has 1 aromatic rings. The molecule has 1 atom stereocenters. The maximum absolute atomic E-state index is 12.0. The second-order valence-electron chi connectivity index (χ2n) is 5.22. The Hall–Kier alpha value is -1.11. The zero-order chi connectivity index (χ0) is 14.6. The van der Waals surface area contributed by atoms with Crippen LogP contribution in [0.3, 0.4) is 0 Å². The predicted molar refractivity (Wildman–Crippen MR) is 84.7 cm³/mol. The van der Waals surface area contributed by atoms with Gasteiger partial charge in [0.1, 0.15) is 0 Å². The molecule has 0 aliphatic carbocycles. The third-order valence-corrected chi connectivity index (χ3v) is 4.62. The molecule has 1 aromatic carbocycles. The van der Waals surface area contributed by atoms with Gasteiger partial charge in [-0.05, 0) is 56.1 Å². The van der Waals surface area contributed by atoms with E-state index >= 15 is 0 Å². The van der Waals surface area contributed by atoms with Gasteiger partial charge in [0.05, 0.1) is 4.90 Å². The smallest absolute Gasteiger partial charge is 0.251 e. The van der Waals surface area contributed by atoms with Crippen LogP contribution in [0.4, 0.5) is 0 Å². The van der Waals surface area contributed by atoms with Crippen LogP contribution in [0.2, 0.25) is 0 Å². The van der Waals surface area contributed by atoms with Gasteiger partial charge in [-0.3, -0.25) is 4.79 Å². The van der Waals surface area contributed by atoms with Crippen LogP contribution in [0.5, 0.6) is 0 Å². The highest BCUT2D eigenvalue weighted by Crippen LogP contribution is 2.11. The number of hydrogen-bond acceptors (Lipinski definition) is 4. The maximum atomic E-state index is 12.0. The van der Waals surface area contributed by atoms with Crippen LogP contribution in [0.25, 0.3) is 0 Å². The number of hydrogen-bond donors (Lipinski definition) is 2. The fourth-order valence-corrected chi connectivity index (χ4v) is 2.92. The van der Waals surface area contributed by atoms with Gasteiger partial charge in [-0.15, -0.1) is 12.4 Å². The highest BCUT2D eigenvalue weighted by Gasteiger charge is 2.15. The normalized spacial score (nSPS) is 18.6. The summed E-state index contributed by atoms with van der Waals surface area (Å²) < 4.78 is 22.7. The third kappa shape index (κ3) is 5.30. The van der Waals surface area contributed by atoms with E-state index in [1.807, 2.05) is 0 Å². The van der Waals surface area contributed by atoms with E-state index in [1.54, 1.807) is 12.1 Å². The average Bonchev–Trinajstić information content (AvgIpc) is 2.45. The third-order valence-electron chi connectivity index (χ3n) is 3.49. The maximum Gasteiger partial charge on any atom is 0.251 e. The number of carbonyl (C=O) groups excluding carboxylic acids is 1. The van der Waals surface area contributed by atoms with E-state index in [0.29, 0.717) is 18.0 Å². The molecule has 21 heavy (non-hydrogen) atoms. The zero-order valence-corrected chi connectivity index (χ0v) is 13.6. The first-order chi connectivity index (χ1) is 9.47. The van der Waals surface area contributed by atoms with E-state index in [2.05, 4.69) is 10.6 Å². The lowest BCUT2D eigenvalue weighted by atomic mass is 10.00. The van der Waals surface area contributed by atoms with Gasteiger partial charge < -0.3 is 10.6 Å². The Morgan fingerprint density at radius 1 is 1.33 bits per heavy atom. The van der Waals surface area contributed by atoms with E-state index in [-0.39, 0.29) is 23.2 Å². The quantitative estimate of drug-likeness (QED) is 0.870. The highest BCUT2D eigenvalue weighted by atomic mass is 35.5. The van der Waals surface area contributed by atoms with Crippen molar-refractivity contribution in [2.24, 2.45) is 5.92 Å². The minimum atomic E-state index is -3.21. The van der Waals surface area contributed by atoms with Crippen molar-refractivity contribution in [1.82, 2.24) is 10.6 Å². The highest BCUT2D eigenvalue weighted by molar-refractivity contribution is 7.90. The van der Waals surface area contributed by atoms with Crippen LogP contribution in [-0.2, 0) is 9.84 Å². The largest absolute Gasteiger partial charge is 0.352 e. The first kappa shape index (κ1) is 17.9. The van der Waals surface area contributed by atoms with Crippen LogP contribution >= 0.6 is 12.4 Å². The first-order valence-electron chi connectivity index (χ1n) is 6.76. The molecule has 5 nitrogen and oxygen atoms in total. The minimum Gasteiger partial charge on any atom is -0.352 e. The fourth-order valence-electron chi connectivity index (χ4n) is 2.29. The van der Waals surface area contributed by atoms with Gasteiger partial charge in [-0.25, -0.2) is 8.42 Å². The Labute approximate surface area is 131 Å². The lowest BCUT2D eigenvalue weighted by molar-refractivity contribution is 0.0944. The molecule has 1 heterocycles. The van der Waals surface area contributed by atoms with Crippen molar-refractivity contribution in [3.8, 4) is 0 Å². The van der Waals surface area contributed by atoms with E-state index in [9.17, 15) is 13.2 Å². The van der Waals surface area contributed by atoms with Crippen molar-refractivity contribution in [3.05, 3.63) is 29.8 Å². The fraction of sp³-hybridized carbons (Fsp3) is 0.500. The average molecular weight is 333 g/mol. The SMILES string of the molecule is CS(=O)(=O)c1ccc(C(=O)NCC2CCCNC2)cc1.Cl. The van der Waals surface area contributed by atoms with Gasteiger partial charge in [0.25, 0.3) is 5.91 Å². The lowest BCUT2D eigenvalue weighted by Gasteiger charge is -2.22. The van der Waals surface area contributed by atoms with Gasteiger partial charge in [-0.2, -0.15) is 0 Å². The van der Waals surface area contributed by atoms with Crippen LogP contribution in [-0.4, -0.2) is 40.2 Å². The molecule has 118 valence electrons. The summed E-state index contributed by atoms with van der Waals surface area (Å²) in [7, 11) is -3.21. The van der Waals surface area contributed by atoms with Crippen molar-refractivity contribution in [2.75, 3.05) is 25.9 Å². The Bertz CT molecular complexity index is 566. The summed E-state index contributed by atoms with van der Waals surface area (Å²) in [6.45, 7) is 2.64. The molecule has 1 aliphatic heterocycles. The molecule has 0 aromatic heterocycles. The molecular formula is C14H21ClN2O3S. The lowest BCUT2D eigenvalue weighted by Crippen LogP contribution is -2.38. The monoisotopic (exact) mass is 332 g/mol. The molecule has 0 saturated carbocycles. The molecule has 2 rings (SSSR count). The number of nitrogens with one attached hydrogen (secondary N) is 2. The number of carbonyl (C=O) groups is 1. The van der Waals surface area contributed by atoms with Gasteiger partial charge in [0, 0.05) is 18.4 Å². The van der Waals surface area contributed by atoms with Gasteiger partial charge in [0.2, 0.25) is 0 Å². The summed E-state index contributed by atoms with van der Waals surface area (Å²) in [5.41, 5.74) is 0.487. The van der Waals surface area contributed by atoms with E-state index in [1.165, 1.54) is 12.1 Å². The number of rotatable bonds is 4. The predicted octanol–water partition coefficient (Wildman–Crippen LogP) is 1.24. The Morgan fingerprint density at radius 2 is 2.00 bits per heavy atom. The van der Waals surface area contributed by atoms with E-state index in [4.69, 9.17) is 0 Å². The van der Waals surface area contributed by atoms with Crippen molar-refractivity contribution < 1.29 is 13.2 Å². The number of amides is 1. The second-order valence-corrected chi connectivity index (χ2v) is 7.23. The van der Waals surface area contributed by atoms with Crippen molar-refractivity contribution in [2.45, 2.75) is 17.7 Å². The number of halogens is 1. The summed E-state index contributed by atoms with van der Waals surface area (Å²) in [6, 6.07) is 6.02. The van der Waals surface area contributed by atoms with E-state index < -0.39 is 9.84 Å². The van der Waals surface area contributed by atoms with Gasteiger partial charge in [-0.1, -0.05) is 0 Å². The second kappa shape index (κ2) is 7.77. The molecule has 0 radical (unpaired) electrons. The molecule has 1 saturated heterocycles. The van der Waals surface area contributed by atoms with Crippen molar-refractivity contribution in [1.29, 1.82) is 0 Å². The van der Waals surface area contributed by atoms with Crippen LogP contribution in [0, 0.1) is 5.92 Å². The Kier molecular flexibility index (Phi) is 6.64. The molecular weight excluding hydrogens is 312 g/mol. The van der Waals surface area contributed by atoms with Crippen molar-refractivity contribution in [3.63, 3.8) is 0 Å². The molecule has 1 amide bonds. The minimum absolute atomic E-state index is 0. The molecule has 1 unspecified atom stereocenters. The van der Waals surface area contributed by atoms with Gasteiger partial charge in [0.15, 0.2) is 9.84 Å². The molecule has 1 aliphatic rings. The summed E-state index contributed by atoms with van der Waals surface area (Å²) >= 11 is 0. The van der Waals surface area contributed by atoms with Crippen LogP contribution in [0.15, 0.2) is 29.2 Å². The van der Waals surface area contributed by atoms with E-state index in [0.717, 1.165) is 32.2 Å². The summed E-state index contributed by atoms with van der Waals surface area (Å²) in [5, 5.41) is 6.20. The summed E-state index contributed by atoms with van der Waals surface area (Å²) in [6.07, 6.45) is 3.42. The molecule has 7 heteroatoms. The van der Waals surface area contributed by atoms with Gasteiger partial charge >= 0.3 is 0 Å². The van der Waals surface area contributed by atoms with Crippen LogP contribution in [0.1, 0.15) is 23.2 Å². The number of benzene rings is 1. The molecule has 0 spiro atoms. The topological polar surface area (TPSA) is 75.3 Å². The Morgan fingerprint density at radius 3 is 2.52 bits per heavy atom. The number of piperidine rings is 1. The standard InChI is InChI=1S/C14H20N2O3S.ClH/c1-20(18,19)13-6-4-12(5-7-13)14(17)16-10-11-3-2-8-15-9-11;/h4-7,11,15H,2-3,8-10H2,1H3,(H,16,17);1H. The van der Waals surface area contributed by atoms with Crippen LogP contribution < -0.4 is 10.6 Å². The molecule has 2 N–H and O–H groups in total.